The molecule has 1 aromatic carbocycles. The van der Waals surface area contributed by atoms with Crippen molar-refractivity contribution in [3.05, 3.63) is 35.3 Å². The standard InChI is InChI=1S/C13H16FN3O2S/c1-16(2)20(18,19)17-6-5-13-11(8-17)10-7-9(14)3-4-12(10)15-13/h3-4,7,15H,5-6,8H2,1-2H3. The number of halogens is 1. The van der Waals surface area contributed by atoms with Crippen LogP contribution in [-0.4, -0.2) is 42.7 Å². The number of aromatic amines is 1. The third-order valence-electron chi connectivity index (χ3n) is 3.69. The fourth-order valence-corrected chi connectivity index (χ4v) is 3.67. The van der Waals surface area contributed by atoms with Crippen LogP contribution in [-0.2, 0) is 23.2 Å². The maximum atomic E-state index is 13.4. The Morgan fingerprint density at radius 3 is 2.80 bits per heavy atom. The smallest absolute Gasteiger partial charge is 0.281 e. The number of benzene rings is 1. The first-order valence-electron chi connectivity index (χ1n) is 6.36. The summed E-state index contributed by atoms with van der Waals surface area (Å²) < 4.78 is 40.4. The highest BCUT2D eigenvalue weighted by Gasteiger charge is 2.30. The Morgan fingerprint density at radius 1 is 1.35 bits per heavy atom. The van der Waals surface area contributed by atoms with Crippen molar-refractivity contribution >= 4 is 21.1 Å². The van der Waals surface area contributed by atoms with E-state index in [0.717, 1.165) is 22.2 Å². The lowest BCUT2D eigenvalue weighted by atomic mass is 10.1. The second-order valence-corrected chi connectivity index (χ2v) is 7.29. The molecule has 0 unspecified atom stereocenters. The van der Waals surface area contributed by atoms with Gasteiger partial charge in [0.1, 0.15) is 5.82 Å². The van der Waals surface area contributed by atoms with Gasteiger partial charge in [-0.25, -0.2) is 4.39 Å². The lowest BCUT2D eigenvalue weighted by Crippen LogP contribution is -2.42. The Labute approximate surface area is 117 Å². The number of hydrogen-bond acceptors (Lipinski definition) is 2. The van der Waals surface area contributed by atoms with Gasteiger partial charge in [-0.2, -0.15) is 17.0 Å². The first-order valence-corrected chi connectivity index (χ1v) is 7.76. The van der Waals surface area contributed by atoms with Crippen LogP contribution in [0.4, 0.5) is 4.39 Å². The first-order chi connectivity index (χ1) is 9.39. The molecule has 0 aliphatic carbocycles. The maximum absolute atomic E-state index is 13.4. The van der Waals surface area contributed by atoms with Crippen molar-refractivity contribution in [1.29, 1.82) is 0 Å². The molecule has 1 aliphatic rings. The van der Waals surface area contributed by atoms with Crippen molar-refractivity contribution in [1.82, 2.24) is 13.6 Å². The third kappa shape index (κ3) is 2.02. The molecule has 7 heteroatoms. The first kappa shape index (κ1) is 13.5. The van der Waals surface area contributed by atoms with Crippen LogP contribution in [0.1, 0.15) is 11.3 Å². The van der Waals surface area contributed by atoms with E-state index in [9.17, 15) is 12.8 Å². The number of aromatic nitrogens is 1. The molecule has 0 radical (unpaired) electrons. The molecule has 0 atom stereocenters. The fourth-order valence-electron chi connectivity index (χ4n) is 2.59. The van der Waals surface area contributed by atoms with Gasteiger partial charge < -0.3 is 4.98 Å². The number of rotatable bonds is 2. The summed E-state index contributed by atoms with van der Waals surface area (Å²) in [5, 5.41) is 0.763. The molecule has 1 aliphatic heterocycles. The molecule has 0 amide bonds. The average Bonchev–Trinajstić information content (AvgIpc) is 2.75. The Bertz CT molecular complexity index is 767. The quantitative estimate of drug-likeness (QED) is 0.912. The minimum absolute atomic E-state index is 0.277. The summed E-state index contributed by atoms with van der Waals surface area (Å²) in [5.41, 5.74) is 2.72. The Hall–Kier alpha value is -1.44. The number of nitrogens with zero attached hydrogens (tertiary/aromatic N) is 2. The van der Waals surface area contributed by atoms with E-state index in [1.54, 1.807) is 6.07 Å². The van der Waals surface area contributed by atoms with E-state index in [-0.39, 0.29) is 12.4 Å². The fraction of sp³-hybridized carbons (Fsp3) is 0.385. The van der Waals surface area contributed by atoms with Crippen LogP contribution in [0.5, 0.6) is 0 Å². The molecule has 2 heterocycles. The SMILES string of the molecule is CN(C)S(=O)(=O)N1CCc2[nH]c3ccc(F)cc3c2C1. The van der Waals surface area contributed by atoms with Crippen molar-refractivity contribution in [2.24, 2.45) is 0 Å². The van der Waals surface area contributed by atoms with Gasteiger partial charge in [-0.05, 0) is 23.8 Å². The number of hydrogen-bond donors (Lipinski definition) is 1. The summed E-state index contributed by atoms with van der Waals surface area (Å²) in [6.45, 7) is 0.710. The number of nitrogens with one attached hydrogen (secondary N) is 1. The van der Waals surface area contributed by atoms with Crippen molar-refractivity contribution in [2.75, 3.05) is 20.6 Å². The van der Waals surface area contributed by atoms with Crippen LogP contribution in [0.25, 0.3) is 10.9 Å². The van der Waals surface area contributed by atoms with Crippen LogP contribution < -0.4 is 0 Å². The average molecular weight is 297 g/mol. The lowest BCUT2D eigenvalue weighted by molar-refractivity contribution is 0.358. The topological polar surface area (TPSA) is 56.4 Å². The van der Waals surface area contributed by atoms with Gasteiger partial charge in [0.05, 0.1) is 0 Å². The highest BCUT2D eigenvalue weighted by Crippen LogP contribution is 2.29. The van der Waals surface area contributed by atoms with Crippen LogP contribution in [0, 0.1) is 5.82 Å². The number of H-pyrrole nitrogens is 1. The summed E-state index contributed by atoms with van der Waals surface area (Å²) in [6.07, 6.45) is 0.610. The molecule has 5 nitrogen and oxygen atoms in total. The molecule has 0 saturated heterocycles. The van der Waals surface area contributed by atoms with Crippen LogP contribution in [0.2, 0.25) is 0 Å². The molecule has 108 valence electrons. The summed E-state index contributed by atoms with van der Waals surface area (Å²) >= 11 is 0. The van der Waals surface area contributed by atoms with E-state index in [0.29, 0.717) is 13.0 Å². The van der Waals surface area contributed by atoms with Gasteiger partial charge in [0, 0.05) is 50.2 Å². The zero-order chi connectivity index (χ0) is 14.5. The normalized spacial score (nSPS) is 16.8. The predicted molar refractivity (Wildman–Crippen MR) is 75.0 cm³/mol. The summed E-state index contributed by atoms with van der Waals surface area (Å²) in [5.74, 6) is -0.313. The Morgan fingerprint density at radius 2 is 2.10 bits per heavy atom. The van der Waals surface area contributed by atoms with Gasteiger partial charge >= 0.3 is 0 Å². The third-order valence-corrected chi connectivity index (χ3v) is 5.58. The maximum Gasteiger partial charge on any atom is 0.281 e. The molecule has 2 aromatic rings. The minimum atomic E-state index is -3.44. The van der Waals surface area contributed by atoms with Gasteiger partial charge in [0.2, 0.25) is 0 Å². The van der Waals surface area contributed by atoms with Gasteiger partial charge in [-0.3, -0.25) is 0 Å². The lowest BCUT2D eigenvalue weighted by Gasteiger charge is -2.28. The second kappa shape index (κ2) is 4.54. The van der Waals surface area contributed by atoms with Gasteiger partial charge in [0.25, 0.3) is 10.2 Å². The predicted octanol–water partition coefficient (Wildman–Crippen LogP) is 1.47. The minimum Gasteiger partial charge on any atom is -0.358 e. The Balaban J connectivity index is 2.06. The van der Waals surface area contributed by atoms with Gasteiger partial charge in [-0.15, -0.1) is 0 Å². The van der Waals surface area contributed by atoms with Crippen molar-refractivity contribution in [3.8, 4) is 0 Å². The van der Waals surface area contributed by atoms with E-state index in [1.807, 2.05) is 0 Å². The summed E-state index contributed by atoms with van der Waals surface area (Å²) in [7, 11) is -0.413. The summed E-state index contributed by atoms with van der Waals surface area (Å²) in [6, 6.07) is 4.54. The molecule has 0 fully saturated rings. The Kier molecular flexibility index (Phi) is 3.07. The molecule has 0 saturated carbocycles. The molecule has 1 N–H and O–H groups in total. The van der Waals surface area contributed by atoms with E-state index in [4.69, 9.17) is 0 Å². The molecular formula is C13H16FN3O2S. The van der Waals surface area contributed by atoms with Crippen LogP contribution >= 0.6 is 0 Å². The van der Waals surface area contributed by atoms with E-state index < -0.39 is 10.2 Å². The van der Waals surface area contributed by atoms with Crippen LogP contribution in [0.3, 0.4) is 0 Å². The molecule has 3 rings (SSSR count). The molecule has 0 bridgehead atoms. The molecule has 0 spiro atoms. The summed E-state index contributed by atoms with van der Waals surface area (Å²) in [4.78, 5) is 3.24. The highest BCUT2D eigenvalue weighted by atomic mass is 32.2. The van der Waals surface area contributed by atoms with E-state index in [2.05, 4.69) is 4.98 Å². The molecule has 20 heavy (non-hydrogen) atoms. The monoisotopic (exact) mass is 297 g/mol. The second-order valence-electron chi connectivity index (χ2n) is 5.15. The van der Waals surface area contributed by atoms with Gasteiger partial charge in [0.15, 0.2) is 0 Å². The zero-order valence-electron chi connectivity index (χ0n) is 11.4. The molecule has 1 aromatic heterocycles. The zero-order valence-corrected chi connectivity index (χ0v) is 12.2. The van der Waals surface area contributed by atoms with E-state index >= 15 is 0 Å². The number of fused-ring (bicyclic) bond motifs is 3. The highest BCUT2D eigenvalue weighted by molar-refractivity contribution is 7.86. The largest absolute Gasteiger partial charge is 0.358 e. The van der Waals surface area contributed by atoms with Crippen molar-refractivity contribution < 1.29 is 12.8 Å². The van der Waals surface area contributed by atoms with Crippen molar-refractivity contribution in [3.63, 3.8) is 0 Å². The van der Waals surface area contributed by atoms with Gasteiger partial charge in [-0.1, -0.05) is 0 Å². The molecular weight excluding hydrogens is 281 g/mol. The van der Waals surface area contributed by atoms with E-state index in [1.165, 1.54) is 34.8 Å². The van der Waals surface area contributed by atoms with Crippen LogP contribution in [0.15, 0.2) is 18.2 Å². The van der Waals surface area contributed by atoms with Crippen molar-refractivity contribution in [2.45, 2.75) is 13.0 Å².